The zero-order chi connectivity index (χ0) is 14.9. The first-order valence-corrected chi connectivity index (χ1v) is 7.40. The fourth-order valence-corrected chi connectivity index (χ4v) is 3.05. The van der Waals surface area contributed by atoms with Crippen molar-refractivity contribution in [3.8, 4) is 0 Å². The van der Waals surface area contributed by atoms with Crippen LogP contribution in [0.1, 0.15) is 37.3 Å². The second kappa shape index (κ2) is 5.34. The molecule has 2 aromatic carbocycles. The Bertz CT molecular complexity index is 679. The maximum atomic E-state index is 12.7. The first-order chi connectivity index (χ1) is 10.2. The highest BCUT2D eigenvalue weighted by Crippen LogP contribution is 2.42. The molecule has 0 saturated carbocycles. The molecule has 1 atom stereocenters. The lowest BCUT2D eigenvalue weighted by atomic mass is 9.83. The van der Waals surface area contributed by atoms with Gasteiger partial charge in [0.05, 0.1) is 5.56 Å². The average Bonchev–Trinajstić information content (AvgIpc) is 2.75. The van der Waals surface area contributed by atoms with Crippen LogP contribution in [0.3, 0.4) is 0 Å². The molecule has 1 aliphatic heterocycles. The molecule has 21 heavy (non-hydrogen) atoms. The molecule has 3 nitrogen and oxygen atoms in total. The van der Waals surface area contributed by atoms with E-state index in [9.17, 15) is 10.3 Å². The average molecular weight is 281 g/mol. The number of hydrogen-bond acceptors (Lipinski definition) is 2. The van der Waals surface area contributed by atoms with Gasteiger partial charge in [0.1, 0.15) is 0 Å². The first-order valence-electron chi connectivity index (χ1n) is 7.40. The summed E-state index contributed by atoms with van der Waals surface area (Å²) in [5.41, 5.74) is 1.29. The Morgan fingerprint density at radius 3 is 2.43 bits per heavy atom. The van der Waals surface area contributed by atoms with Crippen LogP contribution in [0.2, 0.25) is 0 Å². The van der Waals surface area contributed by atoms with E-state index in [1.54, 1.807) is 6.07 Å². The van der Waals surface area contributed by atoms with Crippen molar-refractivity contribution in [2.75, 3.05) is 0 Å². The summed E-state index contributed by atoms with van der Waals surface area (Å²) >= 11 is 0. The molecular weight excluding hydrogens is 262 g/mol. The van der Waals surface area contributed by atoms with Gasteiger partial charge in [0, 0.05) is 11.6 Å². The summed E-state index contributed by atoms with van der Waals surface area (Å²) in [5.74, 6) is 0. The van der Waals surface area contributed by atoms with Crippen molar-refractivity contribution in [2.45, 2.75) is 31.8 Å². The molecule has 1 unspecified atom stereocenters. The van der Waals surface area contributed by atoms with Crippen LogP contribution in [0, 0.1) is 5.21 Å². The van der Waals surface area contributed by atoms with E-state index in [0.717, 1.165) is 23.1 Å². The molecule has 0 radical (unpaired) electrons. The lowest BCUT2D eigenvalue weighted by Gasteiger charge is -2.22. The zero-order valence-corrected chi connectivity index (χ0v) is 12.1. The monoisotopic (exact) mass is 281 g/mol. The number of hydrogen-bond donors (Lipinski definition) is 1. The Morgan fingerprint density at radius 1 is 1.05 bits per heavy atom. The second-order valence-electron chi connectivity index (χ2n) is 5.49. The van der Waals surface area contributed by atoms with Crippen LogP contribution in [0.15, 0.2) is 54.6 Å². The topological polar surface area (TPSA) is 46.3 Å². The molecule has 1 N–H and O–H groups in total. The third-order valence-corrected chi connectivity index (χ3v) is 4.10. The number of benzene rings is 2. The fraction of sp³-hybridized carbons (Fsp3) is 0.278. The fourth-order valence-electron chi connectivity index (χ4n) is 3.05. The number of fused-ring (bicyclic) bond motifs is 1. The number of rotatable bonds is 4. The van der Waals surface area contributed by atoms with Gasteiger partial charge < -0.3 is 10.3 Å². The van der Waals surface area contributed by atoms with Gasteiger partial charge in [0.25, 0.3) is 0 Å². The Balaban J connectivity index is 2.19. The van der Waals surface area contributed by atoms with E-state index < -0.39 is 5.60 Å². The first kappa shape index (κ1) is 13.8. The summed E-state index contributed by atoms with van der Waals surface area (Å²) in [4.78, 5) is 0. The standard InChI is InChI=1S/C18H19NO2/c1-2-3-13-18(20)15-11-7-8-12-16(15)19(21)17(18)14-9-5-4-6-10-14/h4-12,20H,2-3,13H2,1H3. The minimum Gasteiger partial charge on any atom is -0.618 e. The van der Waals surface area contributed by atoms with Crippen LogP contribution in [0.4, 0.5) is 5.69 Å². The van der Waals surface area contributed by atoms with Crippen LogP contribution in [-0.4, -0.2) is 15.6 Å². The minimum atomic E-state index is -1.20. The number of para-hydroxylation sites is 1. The van der Waals surface area contributed by atoms with E-state index >= 15 is 0 Å². The van der Waals surface area contributed by atoms with Gasteiger partial charge in [-0.1, -0.05) is 43.7 Å². The van der Waals surface area contributed by atoms with Gasteiger partial charge in [-0.25, -0.2) is 0 Å². The molecule has 0 saturated heterocycles. The van der Waals surface area contributed by atoms with Gasteiger partial charge in [0.15, 0.2) is 5.60 Å². The van der Waals surface area contributed by atoms with Gasteiger partial charge in [-0.3, -0.25) is 0 Å². The number of nitrogens with zero attached hydrogens (tertiary/aromatic N) is 1. The molecule has 0 fully saturated rings. The smallest absolute Gasteiger partial charge is 0.237 e. The molecular formula is C18H19NO2. The minimum absolute atomic E-state index is 0.442. The van der Waals surface area contributed by atoms with Gasteiger partial charge in [0.2, 0.25) is 11.4 Å². The van der Waals surface area contributed by atoms with E-state index in [0.29, 0.717) is 23.4 Å². The molecule has 0 aromatic heterocycles. The molecule has 3 heteroatoms. The summed E-state index contributed by atoms with van der Waals surface area (Å²) in [7, 11) is 0. The molecule has 108 valence electrons. The van der Waals surface area contributed by atoms with Crippen molar-refractivity contribution in [3.63, 3.8) is 0 Å². The SMILES string of the molecule is CCCCC1(O)C(c2ccccc2)=[N+]([O-])c2ccccc21. The lowest BCUT2D eigenvalue weighted by Crippen LogP contribution is -2.35. The molecule has 0 spiro atoms. The van der Waals surface area contributed by atoms with Crippen LogP contribution in [-0.2, 0) is 5.60 Å². The van der Waals surface area contributed by atoms with E-state index in [1.165, 1.54) is 0 Å². The highest BCUT2D eigenvalue weighted by molar-refractivity contribution is 6.06. The van der Waals surface area contributed by atoms with Gasteiger partial charge in [-0.2, -0.15) is 4.74 Å². The largest absolute Gasteiger partial charge is 0.618 e. The second-order valence-corrected chi connectivity index (χ2v) is 5.49. The summed E-state index contributed by atoms with van der Waals surface area (Å²) in [6.45, 7) is 2.08. The number of unbranched alkanes of at least 4 members (excludes halogenated alkanes) is 1. The van der Waals surface area contributed by atoms with Crippen LogP contribution >= 0.6 is 0 Å². The molecule has 1 heterocycles. The maximum Gasteiger partial charge on any atom is 0.237 e. The molecule has 0 bridgehead atoms. The Hall–Kier alpha value is -2.13. The predicted octanol–water partition coefficient (Wildman–Crippen LogP) is 3.71. The van der Waals surface area contributed by atoms with Gasteiger partial charge >= 0.3 is 0 Å². The third kappa shape index (κ3) is 2.14. The number of aliphatic hydroxyl groups is 1. The zero-order valence-electron chi connectivity index (χ0n) is 12.1. The Morgan fingerprint density at radius 2 is 1.71 bits per heavy atom. The van der Waals surface area contributed by atoms with E-state index in [1.807, 2.05) is 48.5 Å². The molecule has 1 aliphatic rings. The quantitative estimate of drug-likeness (QED) is 0.686. The highest BCUT2D eigenvalue weighted by Gasteiger charge is 2.49. The van der Waals surface area contributed by atoms with Crippen molar-refractivity contribution in [3.05, 3.63) is 70.9 Å². The molecule has 0 amide bonds. The summed E-state index contributed by atoms with van der Waals surface area (Å²) in [5, 5.41) is 24.0. The predicted molar refractivity (Wildman–Crippen MR) is 83.7 cm³/mol. The Labute approximate surface area is 124 Å². The third-order valence-electron chi connectivity index (χ3n) is 4.10. The van der Waals surface area contributed by atoms with E-state index in [2.05, 4.69) is 6.92 Å². The highest BCUT2D eigenvalue weighted by atomic mass is 16.5. The van der Waals surface area contributed by atoms with Crippen molar-refractivity contribution >= 4 is 11.4 Å². The summed E-state index contributed by atoms with van der Waals surface area (Å²) in [6.07, 6.45) is 2.41. The van der Waals surface area contributed by atoms with Crippen LogP contribution in [0.25, 0.3) is 0 Å². The lowest BCUT2D eigenvalue weighted by molar-refractivity contribution is -0.359. The van der Waals surface area contributed by atoms with Gasteiger partial charge in [-0.05, 0) is 31.0 Å². The summed E-state index contributed by atoms with van der Waals surface area (Å²) < 4.78 is 0.889. The van der Waals surface area contributed by atoms with Crippen molar-refractivity contribution < 1.29 is 9.85 Å². The molecule has 0 aliphatic carbocycles. The van der Waals surface area contributed by atoms with Crippen LogP contribution < -0.4 is 0 Å². The summed E-state index contributed by atoms with van der Waals surface area (Å²) in [6, 6.07) is 16.8. The van der Waals surface area contributed by atoms with E-state index in [-0.39, 0.29) is 0 Å². The van der Waals surface area contributed by atoms with Crippen molar-refractivity contribution in [1.29, 1.82) is 0 Å². The maximum absolute atomic E-state index is 12.7. The Kier molecular flexibility index (Phi) is 3.52. The molecule has 3 rings (SSSR count). The van der Waals surface area contributed by atoms with Crippen molar-refractivity contribution in [2.24, 2.45) is 0 Å². The normalized spacial score (nSPS) is 20.7. The van der Waals surface area contributed by atoms with Crippen LogP contribution in [0.5, 0.6) is 0 Å². The molecule has 2 aromatic rings. The van der Waals surface area contributed by atoms with E-state index in [4.69, 9.17) is 0 Å². The van der Waals surface area contributed by atoms with Crippen molar-refractivity contribution in [1.82, 2.24) is 0 Å². The van der Waals surface area contributed by atoms with Gasteiger partial charge in [-0.15, -0.1) is 0 Å².